The van der Waals surface area contributed by atoms with E-state index >= 15 is 0 Å². The van der Waals surface area contributed by atoms with Crippen molar-refractivity contribution in [3.8, 4) is 5.75 Å². The molecule has 0 aliphatic carbocycles. The topological polar surface area (TPSA) is 53.7 Å². The van der Waals surface area contributed by atoms with E-state index in [-0.39, 0.29) is 17.6 Å². The molecule has 4 nitrogen and oxygen atoms in total. The molecule has 1 amide bonds. The highest BCUT2D eigenvalue weighted by atomic mass is 16.3. The molecule has 0 saturated carbocycles. The van der Waals surface area contributed by atoms with Crippen LogP contribution in [-0.4, -0.2) is 17.6 Å². The number of amides is 1. The fourth-order valence-electron chi connectivity index (χ4n) is 2.98. The van der Waals surface area contributed by atoms with Gasteiger partial charge in [-0.15, -0.1) is 0 Å². The number of hydrogen-bond donors (Lipinski definition) is 1. The predicted octanol–water partition coefficient (Wildman–Crippen LogP) is 4.01. The van der Waals surface area contributed by atoms with Crippen LogP contribution in [0.25, 0.3) is 0 Å². The Morgan fingerprint density at radius 3 is 2.82 bits per heavy atom. The van der Waals surface area contributed by atoms with Crippen molar-refractivity contribution in [3.05, 3.63) is 46.9 Å². The van der Waals surface area contributed by atoms with Gasteiger partial charge in [-0.25, -0.2) is 0 Å². The summed E-state index contributed by atoms with van der Waals surface area (Å²) in [5.74, 6) is 1.75. The molecule has 0 saturated heterocycles. The molecule has 0 bridgehead atoms. The molecule has 1 aromatic heterocycles. The molecule has 1 aromatic carbocycles. The first-order chi connectivity index (χ1) is 10.5. The normalized spacial score (nSPS) is 14.3. The first kappa shape index (κ1) is 14.7. The lowest BCUT2D eigenvalue weighted by molar-refractivity contribution is 0.0983. The third-order valence-electron chi connectivity index (χ3n) is 4.18. The van der Waals surface area contributed by atoms with E-state index in [1.54, 1.807) is 11.0 Å². The van der Waals surface area contributed by atoms with Crippen LogP contribution in [-0.2, 0) is 6.42 Å². The lowest BCUT2D eigenvalue weighted by Gasteiger charge is -2.30. The van der Waals surface area contributed by atoms with E-state index in [0.717, 1.165) is 24.2 Å². The Morgan fingerprint density at radius 2 is 2.14 bits per heavy atom. The van der Waals surface area contributed by atoms with Crippen molar-refractivity contribution in [2.75, 3.05) is 11.4 Å². The van der Waals surface area contributed by atoms with Crippen LogP contribution in [0.15, 0.2) is 28.7 Å². The van der Waals surface area contributed by atoms with Gasteiger partial charge >= 0.3 is 0 Å². The number of hydrogen-bond acceptors (Lipinski definition) is 3. The Hall–Kier alpha value is -2.23. The summed E-state index contributed by atoms with van der Waals surface area (Å²) in [6, 6.07) is 7.25. The van der Waals surface area contributed by atoms with Gasteiger partial charge in [-0.3, -0.25) is 4.79 Å². The van der Waals surface area contributed by atoms with E-state index in [2.05, 4.69) is 0 Å². The van der Waals surface area contributed by atoms with Gasteiger partial charge < -0.3 is 14.4 Å². The number of para-hydroxylation sites is 1. The molecule has 2 heterocycles. The summed E-state index contributed by atoms with van der Waals surface area (Å²) in [6.45, 7) is 6.50. The van der Waals surface area contributed by atoms with Crippen molar-refractivity contribution >= 4 is 11.6 Å². The van der Waals surface area contributed by atoms with Gasteiger partial charge in [0, 0.05) is 12.5 Å². The molecular formula is C18H21NO3. The molecule has 1 aliphatic rings. The second-order valence-electron chi connectivity index (χ2n) is 6.12. The molecule has 0 radical (unpaired) electrons. The fourth-order valence-corrected chi connectivity index (χ4v) is 2.98. The Kier molecular flexibility index (Phi) is 3.69. The average Bonchev–Trinajstić information content (AvgIpc) is 2.88. The number of anilines is 1. The lowest BCUT2D eigenvalue weighted by atomic mass is 10.00. The second kappa shape index (κ2) is 5.52. The highest BCUT2D eigenvalue weighted by Crippen LogP contribution is 2.37. The molecule has 1 aliphatic heterocycles. The zero-order chi connectivity index (χ0) is 15.9. The van der Waals surface area contributed by atoms with Gasteiger partial charge in [0.2, 0.25) is 0 Å². The van der Waals surface area contributed by atoms with Gasteiger partial charge in [0.25, 0.3) is 5.91 Å². The van der Waals surface area contributed by atoms with Crippen LogP contribution < -0.4 is 4.90 Å². The minimum atomic E-state index is -0.101. The van der Waals surface area contributed by atoms with Gasteiger partial charge in [-0.2, -0.15) is 0 Å². The predicted molar refractivity (Wildman–Crippen MR) is 85.6 cm³/mol. The summed E-state index contributed by atoms with van der Waals surface area (Å²) in [4.78, 5) is 14.6. The Labute approximate surface area is 130 Å². The Balaban J connectivity index is 2.01. The molecule has 1 N–H and O–H groups in total. The molecule has 4 heteroatoms. The number of phenols is 1. The van der Waals surface area contributed by atoms with Gasteiger partial charge in [-0.05, 0) is 37.5 Å². The van der Waals surface area contributed by atoms with Crippen LogP contribution in [0.1, 0.15) is 53.6 Å². The van der Waals surface area contributed by atoms with E-state index < -0.39 is 0 Å². The summed E-state index contributed by atoms with van der Waals surface area (Å²) in [7, 11) is 0. The monoisotopic (exact) mass is 299 g/mol. The van der Waals surface area contributed by atoms with Crippen molar-refractivity contribution in [1.82, 2.24) is 0 Å². The number of nitrogens with zero attached hydrogens (tertiary/aromatic N) is 1. The highest BCUT2D eigenvalue weighted by molar-refractivity contribution is 6.08. The number of carbonyl (C=O) groups is 1. The van der Waals surface area contributed by atoms with E-state index in [4.69, 9.17) is 4.42 Å². The molecule has 2 aromatic rings. The van der Waals surface area contributed by atoms with Crippen molar-refractivity contribution in [2.24, 2.45) is 0 Å². The maximum atomic E-state index is 12.9. The quantitative estimate of drug-likeness (QED) is 0.911. The molecule has 3 rings (SSSR count). The third kappa shape index (κ3) is 2.39. The van der Waals surface area contributed by atoms with Gasteiger partial charge in [0.1, 0.15) is 17.3 Å². The summed E-state index contributed by atoms with van der Waals surface area (Å²) in [6.07, 6.45) is 1.78. The van der Waals surface area contributed by atoms with Crippen LogP contribution in [0.4, 0.5) is 5.69 Å². The highest BCUT2D eigenvalue weighted by Gasteiger charge is 2.28. The third-order valence-corrected chi connectivity index (χ3v) is 4.18. The number of aryl methyl sites for hydroxylation is 2. The van der Waals surface area contributed by atoms with Crippen LogP contribution in [0, 0.1) is 6.92 Å². The number of aromatic hydroxyl groups is 1. The maximum Gasteiger partial charge on any atom is 0.261 e. The Morgan fingerprint density at radius 1 is 1.36 bits per heavy atom. The number of carbonyl (C=O) groups excluding carboxylic acids is 1. The van der Waals surface area contributed by atoms with E-state index in [1.165, 1.54) is 0 Å². The first-order valence-electron chi connectivity index (χ1n) is 7.72. The van der Waals surface area contributed by atoms with Crippen LogP contribution >= 0.6 is 0 Å². The molecule has 0 fully saturated rings. The average molecular weight is 299 g/mol. The summed E-state index contributed by atoms with van der Waals surface area (Å²) < 4.78 is 5.70. The molecule has 0 atom stereocenters. The van der Waals surface area contributed by atoms with Crippen LogP contribution in [0.3, 0.4) is 0 Å². The molecule has 116 valence electrons. The van der Waals surface area contributed by atoms with Gasteiger partial charge in [-0.1, -0.05) is 26.0 Å². The van der Waals surface area contributed by atoms with Crippen molar-refractivity contribution in [1.29, 1.82) is 0 Å². The van der Waals surface area contributed by atoms with Gasteiger partial charge in [0.05, 0.1) is 11.3 Å². The summed E-state index contributed by atoms with van der Waals surface area (Å²) in [5.41, 5.74) is 2.25. The Bertz CT molecular complexity index is 715. The fraction of sp³-hybridized carbons (Fsp3) is 0.389. The molecular weight excluding hydrogens is 278 g/mol. The van der Waals surface area contributed by atoms with E-state index in [1.807, 2.05) is 39.0 Å². The number of furan rings is 1. The zero-order valence-electron chi connectivity index (χ0n) is 13.2. The molecule has 0 spiro atoms. The summed E-state index contributed by atoms with van der Waals surface area (Å²) in [5, 5.41) is 10.2. The second-order valence-corrected chi connectivity index (χ2v) is 6.12. The number of fused-ring (bicyclic) bond motifs is 1. The number of benzene rings is 1. The minimum Gasteiger partial charge on any atom is -0.506 e. The number of phenolic OH excluding ortho intramolecular Hbond substituents is 1. The van der Waals surface area contributed by atoms with Crippen LogP contribution in [0.2, 0.25) is 0 Å². The van der Waals surface area contributed by atoms with Gasteiger partial charge in [0.15, 0.2) is 0 Å². The molecule has 0 unspecified atom stereocenters. The largest absolute Gasteiger partial charge is 0.506 e. The van der Waals surface area contributed by atoms with E-state index in [9.17, 15) is 9.90 Å². The van der Waals surface area contributed by atoms with Crippen molar-refractivity contribution in [2.45, 2.75) is 39.5 Å². The molecule has 22 heavy (non-hydrogen) atoms. The minimum absolute atomic E-state index is 0.101. The first-order valence-corrected chi connectivity index (χ1v) is 7.72. The van der Waals surface area contributed by atoms with Crippen molar-refractivity contribution < 1.29 is 14.3 Å². The smallest absolute Gasteiger partial charge is 0.261 e. The SMILES string of the molecule is Cc1oc(C(C)C)cc1C(=O)N1CCCc2cccc(O)c21. The lowest BCUT2D eigenvalue weighted by Crippen LogP contribution is -2.35. The standard InChI is InChI=1S/C18H21NO3/c1-11(2)16-10-14(12(3)22-16)18(21)19-9-5-7-13-6-4-8-15(20)17(13)19/h4,6,8,10-11,20H,5,7,9H2,1-3H3. The maximum absolute atomic E-state index is 12.9. The van der Waals surface area contributed by atoms with Crippen LogP contribution in [0.5, 0.6) is 5.75 Å². The van der Waals surface area contributed by atoms with Crippen molar-refractivity contribution in [3.63, 3.8) is 0 Å². The number of rotatable bonds is 2. The zero-order valence-corrected chi connectivity index (χ0v) is 13.2. The van der Waals surface area contributed by atoms with E-state index in [0.29, 0.717) is 23.6 Å². The summed E-state index contributed by atoms with van der Waals surface area (Å²) >= 11 is 0.